The molecule has 4 heteroatoms. The molecule has 1 rings (SSSR count). The smallest absolute Gasteiger partial charge is 0.136 e. The highest BCUT2D eigenvalue weighted by Crippen LogP contribution is 2.18. The molecule has 1 atom stereocenters. The lowest BCUT2D eigenvalue weighted by Gasteiger charge is -2.10. The van der Waals surface area contributed by atoms with Crippen LogP contribution in [-0.2, 0) is 0 Å². The third kappa shape index (κ3) is 2.89. The summed E-state index contributed by atoms with van der Waals surface area (Å²) in [6.45, 7) is 0.0226. The van der Waals surface area contributed by atoms with Crippen molar-refractivity contribution in [3.63, 3.8) is 0 Å². The number of nitrogens with two attached hydrogens (primary N) is 1. The topological polar surface area (TPSA) is 46.2 Å². The molecule has 1 aromatic carbocycles. The zero-order chi connectivity index (χ0) is 9.84. The number of aliphatic hydroxyl groups excluding tert-OH is 1. The summed E-state index contributed by atoms with van der Waals surface area (Å²) in [7, 11) is 0. The number of aliphatic hydroxyl groups is 1. The van der Waals surface area contributed by atoms with Crippen LogP contribution in [0.15, 0.2) is 18.2 Å². The SMILES string of the molecule is NC(CCO)c1ccc(I)c(F)c1. The number of rotatable bonds is 3. The van der Waals surface area contributed by atoms with Crippen molar-refractivity contribution < 1.29 is 9.50 Å². The largest absolute Gasteiger partial charge is 0.396 e. The maximum Gasteiger partial charge on any atom is 0.136 e. The van der Waals surface area contributed by atoms with Gasteiger partial charge in [0.25, 0.3) is 0 Å². The molecule has 0 amide bonds. The minimum atomic E-state index is -0.281. The van der Waals surface area contributed by atoms with E-state index in [1.807, 2.05) is 22.6 Å². The summed E-state index contributed by atoms with van der Waals surface area (Å²) in [6.07, 6.45) is 0.458. The van der Waals surface area contributed by atoms with Gasteiger partial charge in [-0.2, -0.15) is 0 Å². The van der Waals surface area contributed by atoms with Crippen molar-refractivity contribution in [1.82, 2.24) is 0 Å². The van der Waals surface area contributed by atoms with Gasteiger partial charge in [-0.05, 0) is 46.7 Å². The van der Waals surface area contributed by atoms with Gasteiger partial charge in [0.15, 0.2) is 0 Å². The average Bonchev–Trinajstić information content (AvgIpc) is 2.10. The minimum Gasteiger partial charge on any atom is -0.396 e. The molecule has 0 spiro atoms. The third-order valence-electron chi connectivity index (χ3n) is 1.81. The molecule has 0 radical (unpaired) electrons. The predicted molar refractivity (Wildman–Crippen MR) is 57.7 cm³/mol. The Morgan fingerprint density at radius 1 is 1.54 bits per heavy atom. The van der Waals surface area contributed by atoms with E-state index in [9.17, 15) is 4.39 Å². The van der Waals surface area contributed by atoms with Crippen molar-refractivity contribution in [2.45, 2.75) is 12.5 Å². The Kier molecular flexibility index (Phi) is 4.08. The Balaban J connectivity index is 2.84. The number of hydrogen-bond donors (Lipinski definition) is 2. The summed E-state index contributed by atoms with van der Waals surface area (Å²) in [6, 6.07) is 4.60. The highest BCUT2D eigenvalue weighted by molar-refractivity contribution is 14.1. The molecule has 0 aromatic heterocycles. The summed E-state index contributed by atoms with van der Waals surface area (Å²) in [4.78, 5) is 0. The molecule has 0 saturated heterocycles. The van der Waals surface area contributed by atoms with Crippen molar-refractivity contribution in [3.8, 4) is 0 Å². The minimum absolute atomic E-state index is 0.0226. The summed E-state index contributed by atoms with van der Waals surface area (Å²) < 4.78 is 13.6. The molecular formula is C9H11FINO. The lowest BCUT2D eigenvalue weighted by Crippen LogP contribution is -2.12. The highest BCUT2D eigenvalue weighted by Gasteiger charge is 2.07. The number of hydrogen-bond acceptors (Lipinski definition) is 2. The third-order valence-corrected chi connectivity index (χ3v) is 2.69. The van der Waals surface area contributed by atoms with Crippen molar-refractivity contribution in [2.75, 3.05) is 6.61 Å². The Bertz CT molecular complexity index is 293. The van der Waals surface area contributed by atoms with Crippen molar-refractivity contribution >= 4 is 22.6 Å². The summed E-state index contributed by atoms with van der Waals surface area (Å²) in [5, 5.41) is 8.65. The first-order valence-electron chi connectivity index (χ1n) is 3.96. The first-order valence-corrected chi connectivity index (χ1v) is 5.04. The second-order valence-electron chi connectivity index (χ2n) is 2.79. The quantitative estimate of drug-likeness (QED) is 0.836. The molecular weight excluding hydrogens is 284 g/mol. The maximum absolute atomic E-state index is 13.1. The molecule has 0 fully saturated rings. The molecule has 3 N–H and O–H groups in total. The van der Waals surface area contributed by atoms with Crippen LogP contribution in [0.1, 0.15) is 18.0 Å². The molecule has 0 aliphatic carbocycles. The molecule has 72 valence electrons. The Morgan fingerprint density at radius 3 is 2.77 bits per heavy atom. The first-order chi connectivity index (χ1) is 6.15. The van der Waals surface area contributed by atoms with Gasteiger partial charge in [-0.25, -0.2) is 4.39 Å². The lowest BCUT2D eigenvalue weighted by atomic mass is 10.1. The van der Waals surface area contributed by atoms with Crippen molar-refractivity contribution in [2.24, 2.45) is 5.73 Å². The number of benzene rings is 1. The van der Waals surface area contributed by atoms with Crippen LogP contribution in [0.5, 0.6) is 0 Å². The molecule has 1 aromatic rings. The van der Waals surface area contributed by atoms with E-state index in [0.717, 1.165) is 5.56 Å². The van der Waals surface area contributed by atoms with Crippen LogP contribution in [0.4, 0.5) is 4.39 Å². The first kappa shape index (κ1) is 10.9. The Morgan fingerprint density at radius 2 is 2.23 bits per heavy atom. The molecule has 0 saturated carbocycles. The molecule has 13 heavy (non-hydrogen) atoms. The van der Waals surface area contributed by atoms with Crippen LogP contribution in [-0.4, -0.2) is 11.7 Å². The average molecular weight is 295 g/mol. The van der Waals surface area contributed by atoms with E-state index in [1.165, 1.54) is 6.07 Å². The van der Waals surface area contributed by atoms with E-state index in [4.69, 9.17) is 10.8 Å². The standard InChI is InChI=1S/C9H11FINO/c10-7-5-6(1-2-8(7)11)9(12)3-4-13/h1-2,5,9,13H,3-4,12H2. The molecule has 2 nitrogen and oxygen atoms in total. The zero-order valence-corrected chi connectivity index (χ0v) is 9.16. The molecule has 0 bridgehead atoms. The van der Waals surface area contributed by atoms with E-state index in [-0.39, 0.29) is 18.5 Å². The van der Waals surface area contributed by atoms with Gasteiger partial charge in [0, 0.05) is 16.2 Å². The monoisotopic (exact) mass is 295 g/mol. The van der Waals surface area contributed by atoms with Crippen LogP contribution < -0.4 is 5.73 Å². The number of halogens is 2. The van der Waals surface area contributed by atoms with E-state index in [1.54, 1.807) is 12.1 Å². The van der Waals surface area contributed by atoms with Crippen LogP contribution in [0.2, 0.25) is 0 Å². The van der Waals surface area contributed by atoms with Gasteiger partial charge in [0.2, 0.25) is 0 Å². The normalized spacial score (nSPS) is 12.9. The van der Waals surface area contributed by atoms with Gasteiger partial charge in [-0.15, -0.1) is 0 Å². The summed E-state index contributed by atoms with van der Waals surface area (Å²) in [5.74, 6) is -0.258. The fourth-order valence-electron chi connectivity index (χ4n) is 1.05. The Hall–Kier alpha value is -0.200. The van der Waals surface area contributed by atoms with E-state index in [0.29, 0.717) is 9.99 Å². The van der Waals surface area contributed by atoms with Gasteiger partial charge in [0.1, 0.15) is 5.82 Å². The Labute approximate surface area is 90.1 Å². The van der Waals surface area contributed by atoms with Gasteiger partial charge in [0.05, 0.1) is 0 Å². The fraction of sp³-hybridized carbons (Fsp3) is 0.333. The lowest BCUT2D eigenvalue weighted by molar-refractivity contribution is 0.276. The van der Waals surface area contributed by atoms with Crippen LogP contribution in [0, 0.1) is 9.39 Å². The van der Waals surface area contributed by atoms with Crippen molar-refractivity contribution in [1.29, 1.82) is 0 Å². The molecule has 1 unspecified atom stereocenters. The maximum atomic E-state index is 13.1. The van der Waals surface area contributed by atoms with E-state index >= 15 is 0 Å². The second-order valence-corrected chi connectivity index (χ2v) is 3.95. The summed E-state index contributed by atoms with van der Waals surface area (Å²) in [5.41, 5.74) is 6.42. The molecule has 0 heterocycles. The fourth-order valence-corrected chi connectivity index (χ4v) is 1.38. The van der Waals surface area contributed by atoms with E-state index in [2.05, 4.69) is 0 Å². The van der Waals surface area contributed by atoms with Gasteiger partial charge < -0.3 is 10.8 Å². The molecule has 0 aliphatic heterocycles. The second kappa shape index (κ2) is 4.88. The summed E-state index contributed by atoms with van der Waals surface area (Å²) >= 11 is 1.92. The van der Waals surface area contributed by atoms with Gasteiger partial charge in [-0.1, -0.05) is 6.07 Å². The van der Waals surface area contributed by atoms with E-state index < -0.39 is 0 Å². The van der Waals surface area contributed by atoms with Crippen LogP contribution in [0.3, 0.4) is 0 Å². The van der Waals surface area contributed by atoms with Gasteiger partial charge in [-0.3, -0.25) is 0 Å². The van der Waals surface area contributed by atoms with Crippen molar-refractivity contribution in [3.05, 3.63) is 33.1 Å². The zero-order valence-electron chi connectivity index (χ0n) is 7.00. The molecule has 0 aliphatic rings. The predicted octanol–water partition coefficient (Wildman–Crippen LogP) is 1.81. The highest BCUT2D eigenvalue weighted by atomic mass is 127. The van der Waals surface area contributed by atoms with Crippen LogP contribution >= 0.6 is 22.6 Å². The van der Waals surface area contributed by atoms with Gasteiger partial charge >= 0.3 is 0 Å². The van der Waals surface area contributed by atoms with Crippen LogP contribution in [0.25, 0.3) is 0 Å².